The predicted molar refractivity (Wildman–Crippen MR) is 90.3 cm³/mol. The lowest BCUT2D eigenvalue weighted by Crippen LogP contribution is -2.13. The largest absolute Gasteiger partial charge is 0.504 e. The number of carbonyl (C=O) groups is 2. The Kier molecular flexibility index (Phi) is 5.38. The van der Waals surface area contributed by atoms with Gasteiger partial charge in [0.05, 0.1) is 12.7 Å². The molecule has 0 aromatic heterocycles. The number of methoxy groups -OCH3 is 1. The molecule has 25 heavy (non-hydrogen) atoms. The van der Waals surface area contributed by atoms with Crippen LogP contribution < -0.4 is 10.1 Å². The van der Waals surface area contributed by atoms with Gasteiger partial charge >= 0.3 is 5.97 Å². The third-order valence-electron chi connectivity index (χ3n) is 3.27. The first-order valence-corrected chi connectivity index (χ1v) is 7.08. The molecule has 0 aliphatic heterocycles. The number of anilines is 1. The van der Waals surface area contributed by atoms with Crippen LogP contribution >= 0.6 is 0 Å². The van der Waals surface area contributed by atoms with Gasteiger partial charge in [0, 0.05) is 5.69 Å². The van der Waals surface area contributed by atoms with Crippen LogP contribution in [0.4, 0.5) is 5.69 Å². The number of phenols is 1. The van der Waals surface area contributed by atoms with Gasteiger partial charge < -0.3 is 20.3 Å². The molecule has 0 fully saturated rings. The molecule has 3 N–H and O–H groups in total. The maximum absolute atomic E-state index is 12.2. The molecule has 1 amide bonds. The Morgan fingerprint density at radius 1 is 1.20 bits per heavy atom. The molecule has 0 saturated heterocycles. The molecule has 0 radical (unpaired) electrons. The van der Waals surface area contributed by atoms with E-state index in [0.29, 0.717) is 11.3 Å². The third-order valence-corrected chi connectivity index (χ3v) is 3.27. The van der Waals surface area contributed by atoms with Gasteiger partial charge in [-0.15, -0.1) is 0 Å². The summed E-state index contributed by atoms with van der Waals surface area (Å²) in [6, 6.07) is 11.8. The molecule has 0 bridgehead atoms. The molecule has 0 atom stereocenters. The quantitative estimate of drug-likeness (QED) is 0.569. The summed E-state index contributed by atoms with van der Waals surface area (Å²) in [6.07, 6.45) is 1.32. The molecule has 7 nitrogen and oxygen atoms in total. The number of hydrogen-bond donors (Lipinski definition) is 3. The summed E-state index contributed by atoms with van der Waals surface area (Å²) in [5.41, 5.74) is 0.717. The van der Waals surface area contributed by atoms with Crippen LogP contribution in [0.15, 0.2) is 48.0 Å². The summed E-state index contributed by atoms with van der Waals surface area (Å²) in [6.45, 7) is 0. The topological polar surface area (TPSA) is 120 Å². The second-order valence-corrected chi connectivity index (χ2v) is 4.94. The van der Waals surface area contributed by atoms with Crippen LogP contribution in [0.25, 0.3) is 6.08 Å². The SMILES string of the molecule is COc1ccc(C=C(C#N)C(=O)Nc2ccc(C(=O)O)cc2)cc1O. The van der Waals surface area contributed by atoms with Gasteiger partial charge in [-0.1, -0.05) is 6.07 Å². The molecule has 0 aliphatic rings. The molecule has 7 heteroatoms. The van der Waals surface area contributed by atoms with E-state index in [1.807, 2.05) is 0 Å². The van der Waals surface area contributed by atoms with Crippen LogP contribution in [-0.4, -0.2) is 29.2 Å². The number of benzene rings is 2. The lowest BCUT2D eigenvalue weighted by molar-refractivity contribution is -0.112. The van der Waals surface area contributed by atoms with Gasteiger partial charge in [0.2, 0.25) is 0 Å². The zero-order chi connectivity index (χ0) is 18.4. The highest BCUT2D eigenvalue weighted by Crippen LogP contribution is 2.27. The number of nitriles is 1. The maximum atomic E-state index is 12.2. The summed E-state index contributed by atoms with van der Waals surface area (Å²) >= 11 is 0. The molecule has 2 aromatic rings. The van der Waals surface area contributed by atoms with Crippen molar-refractivity contribution in [1.82, 2.24) is 0 Å². The van der Waals surface area contributed by atoms with Crippen molar-refractivity contribution >= 4 is 23.6 Å². The van der Waals surface area contributed by atoms with E-state index in [2.05, 4.69) is 5.32 Å². The van der Waals surface area contributed by atoms with Gasteiger partial charge in [0.15, 0.2) is 11.5 Å². The smallest absolute Gasteiger partial charge is 0.335 e. The normalized spacial score (nSPS) is 10.6. The van der Waals surface area contributed by atoms with Crippen molar-refractivity contribution in [1.29, 1.82) is 5.26 Å². The van der Waals surface area contributed by atoms with E-state index in [1.54, 1.807) is 12.1 Å². The summed E-state index contributed by atoms with van der Waals surface area (Å²) in [5, 5.41) is 30.3. The Bertz CT molecular complexity index is 879. The van der Waals surface area contributed by atoms with E-state index in [4.69, 9.17) is 9.84 Å². The van der Waals surface area contributed by atoms with E-state index in [1.165, 1.54) is 49.6 Å². The minimum atomic E-state index is -1.07. The number of hydrogen-bond acceptors (Lipinski definition) is 5. The van der Waals surface area contributed by atoms with Gasteiger partial charge in [-0.25, -0.2) is 4.79 Å². The van der Waals surface area contributed by atoms with Crippen molar-refractivity contribution in [2.24, 2.45) is 0 Å². The number of carboxylic acids is 1. The average molecular weight is 338 g/mol. The Labute approximate surface area is 143 Å². The number of aromatic carboxylic acids is 1. The van der Waals surface area contributed by atoms with E-state index < -0.39 is 11.9 Å². The number of aromatic hydroxyl groups is 1. The number of carboxylic acid groups (broad SMARTS) is 1. The summed E-state index contributed by atoms with van der Waals surface area (Å²) in [5.74, 6) is -1.56. The first-order chi connectivity index (χ1) is 11.9. The zero-order valence-electron chi connectivity index (χ0n) is 13.2. The minimum absolute atomic E-state index is 0.0859. The van der Waals surface area contributed by atoms with E-state index in [-0.39, 0.29) is 22.6 Å². The minimum Gasteiger partial charge on any atom is -0.504 e. The molecule has 0 heterocycles. The second kappa shape index (κ2) is 7.66. The molecule has 0 saturated carbocycles. The van der Waals surface area contributed by atoms with Gasteiger partial charge in [0.1, 0.15) is 11.6 Å². The van der Waals surface area contributed by atoms with Crippen molar-refractivity contribution < 1.29 is 24.5 Å². The number of ether oxygens (including phenoxy) is 1. The number of nitrogens with zero attached hydrogens (tertiary/aromatic N) is 1. The zero-order valence-corrected chi connectivity index (χ0v) is 13.2. The Morgan fingerprint density at radius 2 is 1.88 bits per heavy atom. The fourth-order valence-electron chi connectivity index (χ4n) is 2.01. The van der Waals surface area contributed by atoms with Crippen molar-refractivity contribution in [3.63, 3.8) is 0 Å². The van der Waals surface area contributed by atoms with Gasteiger partial charge in [-0.2, -0.15) is 5.26 Å². The van der Waals surface area contributed by atoms with Crippen LogP contribution in [0.2, 0.25) is 0 Å². The highest BCUT2D eigenvalue weighted by molar-refractivity contribution is 6.09. The van der Waals surface area contributed by atoms with Crippen molar-refractivity contribution in [2.45, 2.75) is 0 Å². The Hall–Kier alpha value is -3.79. The highest BCUT2D eigenvalue weighted by Gasteiger charge is 2.11. The second-order valence-electron chi connectivity index (χ2n) is 4.94. The van der Waals surface area contributed by atoms with Crippen LogP contribution in [0.5, 0.6) is 11.5 Å². The lowest BCUT2D eigenvalue weighted by atomic mass is 10.1. The number of amides is 1. The standard InChI is InChI=1S/C18H14N2O5/c1-25-16-7-2-11(9-15(16)21)8-13(10-19)17(22)20-14-5-3-12(4-6-14)18(23)24/h2-9,21H,1H3,(H,20,22)(H,23,24). The first kappa shape index (κ1) is 17.6. The molecular formula is C18H14N2O5. The van der Waals surface area contributed by atoms with E-state index in [9.17, 15) is 20.0 Å². The highest BCUT2D eigenvalue weighted by atomic mass is 16.5. The summed E-state index contributed by atoms with van der Waals surface area (Å²) in [4.78, 5) is 23.0. The molecule has 126 valence electrons. The van der Waals surface area contributed by atoms with E-state index >= 15 is 0 Å². The van der Waals surface area contributed by atoms with Crippen LogP contribution in [0, 0.1) is 11.3 Å². The first-order valence-electron chi connectivity index (χ1n) is 7.08. The summed E-state index contributed by atoms with van der Waals surface area (Å²) < 4.78 is 4.93. The van der Waals surface area contributed by atoms with Crippen LogP contribution in [-0.2, 0) is 4.79 Å². The Balaban J connectivity index is 2.19. The Morgan fingerprint density at radius 3 is 2.40 bits per heavy atom. The predicted octanol–water partition coefficient (Wildman–Crippen LogP) is 2.64. The van der Waals surface area contributed by atoms with Gasteiger partial charge in [0.25, 0.3) is 5.91 Å². The fraction of sp³-hybridized carbons (Fsp3) is 0.0556. The third kappa shape index (κ3) is 4.36. The molecular weight excluding hydrogens is 324 g/mol. The number of carbonyl (C=O) groups excluding carboxylic acids is 1. The fourth-order valence-corrected chi connectivity index (χ4v) is 2.01. The number of rotatable bonds is 5. The molecule has 2 aromatic carbocycles. The van der Waals surface area contributed by atoms with Crippen molar-refractivity contribution in [2.75, 3.05) is 12.4 Å². The number of phenolic OH excluding ortho intramolecular Hbond substituents is 1. The molecule has 0 unspecified atom stereocenters. The lowest BCUT2D eigenvalue weighted by Gasteiger charge is -2.06. The molecule has 0 spiro atoms. The van der Waals surface area contributed by atoms with E-state index in [0.717, 1.165) is 0 Å². The van der Waals surface area contributed by atoms with Crippen LogP contribution in [0.1, 0.15) is 15.9 Å². The maximum Gasteiger partial charge on any atom is 0.335 e. The molecule has 2 rings (SSSR count). The number of nitrogens with one attached hydrogen (secondary N) is 1. The van der Waals surface area contributed by atoms with Gasteiger partial charge in [-0.3, -0.25) is 4.79 Å². The summed E-state index contributed by atoms with van der Waals surface area (Å²) in [7, 11) is 1.41. The monoisotopic (exact) mass is 338 g/mol. The van der Waals surface area contributed by atoms with Crippen LogP contribution in [0.3, 0.4) is 0 Å². The average Bonchev–Trinajstić information content (AvgIpc) is 2.60. The molecule has 0 aliphatic carbocycles. The van der Waals surface area contributed by atoms with Gasteiger partial charge in [-0.05, 0) is 48.0 Å². The van der Waals surface area contributed by atoms with Crippen molar-refractivity contribution in [3.8, 4) is 17.6 Å². The van der Waals surface area contributed by atoms with Crippen molar-refractivity contribution in [3.05, 3.63) is 59.2 Å².